The Labute approximate surface area is 139 Å². The molecule has 0 heterocycles. The molecule has 0 aromatic heterocycles. The van der Waals surface area contributed by atoms with Crippen molar-refractivity contribution >= 4 is 11.8 Å². The molecule has 3 nitrogen and oxygen atoms in total. The van der Waals surface area contributed by atoms with Gasteiger partial charge in [0.2, 0.25) is 0 Å². The SMILES string of the molecule is COC(=O)C1(C(=O)Cc2c(C)cc(C)cc2C)CCCCC1C. The van der Waals surface area contributed by atoms with Gasteiger partial charge in [-0.2, -0.15) is 0 Å². The molecule has 1 fully saturated rings. The van der Waals surface area contributed by atoms with E-state index in [1.807, 2.05) is 20.8 Å². The number of hydrogen-bond donors (Lipinski definition) is 0. The Balaban J connectivity index is 2.38. The predicted molar refractivity (Wildman–Crippen MR) is 91.4 cm³/mol. The molecule has 2 atom stereocenters. The van der Waals surface area contributed by atoms with Crippen molar-refractivity contribution in [2.75, 3.05) is 7.11 Å². The van der Waals surface area contributed by atoms with Crippen LogP contribution in [0.1, 0.15) is 54.9 Å². The number of ether oxygens (including phenoxy) is 1. The van der Waals surface area contributed by atoms with Gasteiger partial charge in [-0.25, -0.2) is 0 Å². The zero-order valence-corrected chi connectivity index (χ0v) is 15.0. The van der Waals surface area contributed by atoms with Crippen molar-refractivity contribution in [1.82, 2.24) is 0 Å². The molecule has 23 heavy (non-hydrogen) atoms. The molecule has 1 aliphatic carbocycles. The highest BCUT2D eigenvalue weighted by Crippen LogP contribution is 2.44. The fourth-order valence-electron chi connectivity index (χ4n) is 4.17. The van der Waals surface area contributed by atoms with Crippen LogP contribution in [0.5, 0.6) is 0 Å². The van der Waals surface area contributed by atoms with Crippen LogP contribution in [0.3, 0.4) is 0 Å². The molecule has 1 aromatic rings. The molecule has 1 saturated carbocycles. The lowest BCUT2D eigenvalue weighted by Crippen LogP contribution is -2.48. The molecule has 0 N–H and O–H groups in total. The Morgan fingerprint density at radius 2 is 1.78 bits per heavy atom. The summed E-state index contributed by atoms with van der Waals surface area (Å²) in [6.45, 7) is 8.16. The number of carbonyl (C=O) groups excluding carboxylic acids is 2. The summed E-state index contributed by atoms with van der Waals surface area (Å²) in [5, 5.41) is 0. The quantitative estimate of drug-likeness (QED) is 0.620. The first-order valence-electron chi connectivity index (χ1n) is 8.51. The molecule has 0 bridgehead atoms. The van der Waals surface area contributed by atoms with Gasteiger partial charge in [-0.1, -0.05) is 37.5 Å². The van der Waals surface area contributed by atoms with E-state index in [0.717, 1.165) is 36.0 Å². The number of benzene rings is 1. The van der Waals surface area contributed by atoms with Crippen LogP contribution in [0, 0.1) is 32.1 Å². The smallest absolute Gasteiger partial charge is 0.319 e. The minimum absolute atomic E-state index is 0.0200. The number of hydrogen-bond acceptors (Lipinski definition) is 3. The van der Waals surface area contributed by atoms with E-state index >= 15 is 0 Å². The van der Waals surface area contributed by atoms with Gasteiger partial charge in [-0.15, -0.1) is 0 Å². The molecule has 1 aliphatic rings. The Hall–Kier alpha value is -1.64. The molecule has 2 rings (SSSR count). The van der Waals surface area contributed by atoms with Gasteiger partial charge < -0.3 is 4.74 Å². The summed E-state index contributed by atoms with van der Waals surface area (Å²) in [6.07, 6.45) is 3.83. The Morgan fingerprint density at radius 1 is 1.17 bits per heavy atom. The van der Waals surface area contributed by atoms with E-state index < -0.39 is 5.41 Å². The normalized spacial score (nSPS) is 24.3. The summed E-state index contributed by atoms with van der Waals surface area (Å²) in [4.78, 5) is 25.7. The van der Waals surface area contributed by atoms with Gasteiger partial charge in [0.15, 0.2) is 5.78 Å². The van der Waals surface area contributed by atoms with E-state index in [1.54, 1.807) is 0 Å². The molecule has 0 radical (unpaired) electrons. The number of esters is 1. The third-order valence-electron chi connectivity index (χ3n) is 5.52. The maximum Gasteiger partial charge on any atom is 0.319 e. The van der Waals surface area contributed by atoms with Gasteiger partial charge in [0.25, 0.3) is 0 Å². The second-order valence-electron chi connectivity index (χ2n) is 7.09. The number of methoxy groups -OCH3 is 1. The van der Waals surface area contributed by atoms with Crippen LogP contribution in [0.4, 0.5) is 0 Å². The van der Waals surface area contributed by atoms with E-state index in [4.69, 9.17) is 4.74 Å². The maximum atomic E-state index is 13.2. The first-order chi connectivity index (χ1) is 10.8. The molecule has 2 unspecified atom stereocenters. The van der Waals surface area contributed by atoms with Crippen molar-refractivity contribution < 1.29 is 14.3 Å². The van der Waals surface area contributed by atoms with Crippen LogP contribution in [-0.4, -0.2) is 18.9 Å². The summed E-state index contributed by atoms with van der Waals surface area (Å²) >= 11 is 0. The largest absolute Gasteiger partial charge is 0.468 e. The number of ketones is 1. The van der Waals surface area contributed by atoms with E-state index in [9.17, 15) is 9.59 Å². The monoisotopic (exact) mass is 316 g/mol. The fourth-order valence-corrected chi connectivity index (χ4v) is 4.17. The van der Waals surface area contributed by atoms with Crippen molar-refractivity contribution in [3.63, 3.8) is 0 Å². The maximum absolute atomic E-state index is 13.2. The number of rotatable bonds is 4. The van der Waals surface area contributed by atoms with E-state index in [1.165, 1.54) is 12.7 Å². The van der Waals surface area contributed by atoms with Crippen LogP contribution >= 0.6 is 0 Å². The van der Waals surface area contributed by atoms with Crippen molar-refractivity contribution in [3.05, 3.63) is 34.4 Å². The summed E-state index contributed by atoms with van der Waals surface area (Å²) < 4.78 is 5.04. The van der Waals surface area contributed by atoms with Crippen LogP contribution < -0.4 is 0 Å². The molecule has 0 saturated heterocycles. The molecule has 3 heteroatoms. The topological polar surface area (TPSA) is 43.4 Å². The number of carbonyl (C=O) groups is 2. The summed E-state index contributed by atoms with van der Waals surface area (Å²) in [5.74, 6) is -0.286. The predicted octanol–water partition coefficient (Wildman–Crippen LogP) is 4.09. The molecule has 0 amide bonds. The first kappa shape index (κ1) is 17.7. The highest BCUT2D eigenvalue weighted by atomic mass is 16.5. The van der Waals surface area contributed by atoms with Crippen LogP contribution in [0.25, 0.3) is 0 Å². The van der Waals surface area contributed by atoms with E-state index in [2.05, 4.69) is 19.1 Å². The molecular formula is C20H28O3. The zero-order valence-electron chi connectivity index (χ0n) is 15.0. The lowest BCUT2D eigenvalue weighted by Gasteiger charge is -2.39. The minimum Gasteiger partial charge on any atom is -0.468 e. The van der Waals surface area contributed by atoms with Crippen molar-refractivity contribution in [2.24, 2.45) is 11.3 Å². The molecule has 0 aliphatic heterocycles. The van der Waals surface area contributed by atoms with Gasteiger partial charge in [0.05, 0.1) is 7.11 Å². The summed E-state index contributed by atoms with van der Waals surface area (Å²) in [6, 6.07) is 4.20. The van der Waals surface area contributed by atoms with Crippen molar-refractivity contribution in [2.45, 2.75) is 59.8 Å². The third-order valence-corrected chi connectivity index (χ3v) is 5.52. The Bertz CT molecular complexity index is 594. The van der Waals surface area contributed by atoms with Gasteiger partial charge in [-0.05, 0) is 56.2 Å². The van der Waals surface area contributed by atoms with Gasteiger partial charge in [0.1, 0.15) is 5.41 Å². The van der Waals surface area contributed by atoms with Crippen LogP contribution in [0.15, 0.2) is 12.1 Å². The fraction of sp³-hybridized carbons (Fsp3) is 0.600. The lowest BCUT2D eigenvalue weighted by molar-refractivity contribution is -0.164. The highest BCUT2D eigenvalue weighted by molar-refractivity contribution is 6.05. The Morgan fingerprint density at radius 3 is 2.30 bits per heavy atom. The molecule has 0 spiro atoms. The summed E-state index contributed by atoms with van der Waals surface area (Å²) in [7, 11) is 1.39. The minimum atomic E-state index is -0.962. The van der Waals surface area contributed by atoms with Crippen molar-refractivity contribution in [1.29, 1.82) is 0 Å². The van der Waals surface area contributed by atoms with Crippen molar-refractivity contribution in [3.8, 4) is 0 Å². The molecule has 1 aromatic carbocycles. The van der Waals surface area contributed by atoms with Crippen LogP contribution in [0.2, 0.25) is 0 Å². The second kappa shape index (κ2) is 6.86. The van der Waals surface area contributed by atoms with E-state index in [-0.39, 0.29) is 17.7 Å². The lowest BCUT2D eigenvalue weighted by atomic mass is 9.63. The first-order valence-corrected chi connectivity index (χ1v) is 8.51. The standard InChI is InChI=1S/C20H28O3/c1-13-10-14(2)17(15(3)11-13)12-18(21)20(19(22)23-5)9-7-6-8-16(20)4/h10-11,16H,6-9,12H2,1-5H3. The van der Waals surface area contributed by atoms with Gasteiger partial charge in [-0.3, -0.25) is 9.59 Å². The summed E-state index contributed by atoms with van der Waals surface area (Å²) in [5.41, 5.74) is 3.54. The Kier molecular flexibility index (Phi) is 5.28. The average molecular weight is 316 g/mol. The van der Waals surface area contributed by atoms with Crippen LogP contribution in [-0.2, 0) is 20.7 Å². The number of Topliss-reactive ketones (excluding diaryl/α,β-unsaturated/α-hetero) is 1. The number of aryl methyl sites for hydroxylation is 3. The average Bonchev–Trinajstić information content (AvgIpc) is 2.50. The molecular weight excluding hydrogens is 288 g/mol. The third kappa shape index (κ3) is 3.19. The van der Waals surface area contributed by atoms with Gasteiger partial charge in [0, 0.05) is 6.42 Å². The highest BCUT2D eigenvalue weighted by Gasteiger charge is 2.51. The zero-order chi connectivity index (χ0) is 17.2. The van der Waals surface area contributed by atoms with Gasteiger partial charge >= 0.3 is 5.97 Å². The molecule has 126 valence electrons. The van der Waals surface area contributed by atoms with E-state index in [0.29, 0.717) is 12.8 Å². The second-order valence-corrected chi connectivity index (χ2v) is 7.09.